The number of nitrogens with one attached hydrogen (secondary N) is 1. The van der Waals surface area contributed by atoms with Crippen LogP contribution in [0.25, 0.3) is 32.9 Å². The van der Waals surface area contributed by atoms with Crippen molar-refractivity contribution in [3.63, 3.8) is 0 Å². The Labute approximate surface area is 144 Å². The molecular weight excluding hydrogens is 314 g/mol. The highest BCUT2D eigenvalue weighted by molar-refractivity contribution is 6.11. The number of ether oxygens (including phenoxy) is 1. The van der Waals surface area contributed by atoms with Crippen molar-refractivity contribution in [1.82, 2.24) is 4.98 Å². The standard InChI is InChI=1S/C21H17NO3/c1-2-25-21(24)19-17-12-16(23)9-10-18(17)22-20(19)15-8-7-13-5-3-4-6-14(13)11-15/h3-12,22-23H,2H2,1H3. The Kier molecular flexibility index (Phi) is 3.65. The van der Waals surface area contributed by atoms with Gasteiger partial charge in [-0.2, -0.15) is 0 Å². The van der Waals surface area contributed by atoms with Gasteiger partial charge in [-0.3, -0.25) is 0 Å². The molecule has 0 saturated heterocycles. The molecule has 4 nitrogen and oxygen atoms in total. The van der Waals surface area contributed by atoms with Crippen molar-refractivity contribution < 1.29 is 14.6 Å². The maximum atomic E-state index is 12.6. The summed E-state index contributed by atoms with van der Waals surface area (Å²) < 4.78 is 5.24. The smallest absolute Gasteiger partial charge is 0.340 e. The Morgan fingerprint density at radius 3 is 2.64 bits per heavy atom. The zero-order valence-corrected chi connectivity index (χ0v) is 13.7. The number of hydrogen-bond donors (Lipinski definition) is 2. The molecule has 0 aliphatic carbocycles. The summed E-state index contributed by atoms with van der Waals surface area (Å²) in [5.74, 6) is -0.287. The van der Waals surface area contributed by atoms with Crippen LogP contribution < -0.4 is 0 Å². The van der Waals surface area contributed by atoms with Crippen molar-refractivity contribution in [1.29, 1.82) is 0 Å². The molecule has 0 spiro atoms. The van der Waals surface area contributed by atoms with Gasteiger partial charge in [0.1, 0.15) is 5.75 Å². The summed E-state index contributed by atoms with van der Waals surface area (Å²) in [7, 11) is 0. The molecule has 0 aliphatic heterocycles. The first kappa shape index (κ1) is 15.3. The lowest BCUT2D eigenvalue weighted by atomic mass is 10.0. The van der Waals surface area contributed by atoms with Crippen LogP contribution in [-0.2, 0) is 4.74 Å². The molecule has 1 heterocycles. The number of esters is 1. The molecule has 0 fully saturated rings. The van der Waals surface area contributed by atoms with E-state index in [1.165, 1.54) is 0 Å². The largest absolute Gasteiger partial charge is 0.508 e. The van der Waals surface area contributed by atoms with E-state index >= 15 is 0 Å². The molecule has 0 aliphatic rings. The van der Waals surface area contributed by atoms with Crippen LogP contribution in [0.3, 0.4) is 0 Å². The highest BCUT2D eigenvalue weighted by atomic mass is 16.5. The Bertz CT molecular complexity index is 1090. The number of aromatic hydroxyl groups is 1. The topological polar surface area (TPSA) is 62.3 Å². The molecule has 3 aromatic carbocycles. The third-order valence-electron chi connectivity index (χ3n) is 4.30. The van der Waals surface area contributed by atoms with Crippen LogP contribution in [0.1, 0.15) is 17.3 Å². The molecule has 2 N–H and O–H groups in total. The number of rotatable bonds is 3. The second-order valence-corrected chi connectivity index (χ2v) is 5.89. The summed E-state index contributed by atoms with van der Waals surface area (Å²) in [5, 5.41) is 12.7. The molecule has 25 heavy (non-hydrogen) atoms. The van der Waals surface area contributed by atoms with E-state index in [1.807, 2.05) is 36.4 Å². The van der Waals surface area contributed by atoms with Crippen LogP contribution in [0, 0.1) is 0 Å². The van der Waals surface area contributed by atoms with Crippen LogP contribution in [0.4, 0.5) is 0 Å². The van der Waals surface area contributed by atoms with E-state index in [0.29, 0.717) is 23.3 Å². The molecule has 0 atom stereocenters. The molecule has 0 radical (unpaired) electrons. The van der Waals surface area contributed by atoms with Crippen molar-refractivity contribution in [2.45, 2.75) is 6.92 Å². The van der Waals surface area contributed by atoms with Gasteiger partial charge < -0.3 is 14.8 Å². The van der Waals surface area contributed by atoms with Crippen LogP contribution in [0.5, 0.6) is 5.75 Å². The lowest BCUT2D eigenvalue weighted by Gasteiger charge is -2.06. The molecule has 0 unspecified atom stereocenters. The van der Waals surface area contributed by atoms with Gasteiger partial charge >= 0.3 is 5.97 Å². The molecule has 0 amide bonds. The van der Waals surface area contributed by atoms with E-state index in [-0.39, 0.29) is 5.75 Å². The molecule has 4 aromatic rings. The number of aromatic amines is 1. The number of carbonyl (C=O) groups is 1. The summed E-state index contributed by atoms with van der Waals surface area (Å²) in [6.45, 7) is 2.07. The van der Waals surface area contributed by atoms with Gasteiger partial charge in [0.05, 0.1) is 17.9 Å². The van der Waals surface area contributed by atoms with E-state index in [1.54, 1.807) is 25.1 Å². The van der Waals surface area contributed by atoms with Crippen molar-refractivity contribution in [2.75, 3.05) is 6.61 Å². The van der Waals surface area contributed by atoms with E-state index in [9.17, 15) is 9.90 Å². The second kappa shape index (κ2) is 5.98. The number of aromatic nitrogens is 1. The number of hydrogen-bond acceptors (Lipinski definition) is 3. The molecule has 1 aromatic heterocycles. The van der Waals surface area contributed by atoms with Gasteiger partial charge in [-0.15, -0.1) is 0 Å². The number of phenolic OH excluding ortho intramolecular Hbond substituents is 1. The van der Waals surface area contributed by atoms with E-state index in [2.05, 4.69) is 11.1 Å². The first-order valence-electron chi connectivity index (χ1n) is 8.18. The highest BCUT2D eigenvalue weighted by Gasteiger charge is 2.21. The number of H-pyrrole nitrogens is 1. The Morgan fingerprint density at radius 1 is 1.04 bits per heavy atom. The third-order valence-corrected chi connectivity index (χ3v) is 4.30. The first-order chi connectivity index (χ1) is 12.2. The number of fused-ring (bicyclic) bond motifs is 2. The average molecular weight is 331 g/mol. The van der Waals surface area contributed by atoms with Crippen LogP contribution >= 0.6 is 0 Å². The number of phenols is 1. The summed E-state index contributed by atoms with van der Waals surface area (Å²) in [5.41, 5.74) is 2.83. The summed E-state index contributed by atoms with van der Waals surface area (Å²) in [6.07, 6.45) is 0. The Balaban J connectivity index is 1.98. The fourth-order valence-electron chi connectivity index (χ4n) is 3.16. The lowest BCUT2D eigenvalue weighted by Crippen LogP contribution is -2.05. The maximum Gasteiger partial charge on any atom is 0.340 e. The molecular formula is C21H17NO3. The summed E-state index contributed by atoms with van der Waals surface area (Å²) in [4.78, 5) is 15.9. The van der Waals surface area contributed by atoms with Crippen molar-refractivity contribution in [2.24, 2.45) is 0 Å². The Morgan fingerprint density at radius 2 is 1.84 bits per heavy atom. The predicted octanol–water partition coefficient (Wildman–Crippen LogP) is 4.87. The van der Waals surface area contributed by atoms with Crippen molar-refractivity contribution >= 4 is 27.6 Å². The molecule has 4 rings (SSSR count). The van der Waals surface area contributed by atoms with Gasteiger partial charge in [0.15, 0.2) is 0 Å². The van der Waals surface area contributed by atoms with Gasteiger partial charge in [-0.25, -0.2) is 4.79 Å². The SMILES string of the molecule is CCOC(=O)c1c(-c2ccc3ccccc3c2)[nH]c2ccc(O)cc12. The monoisotopic (exact) mass is 331 g/mol. The van der Waals surface area contributed by atoms with Gasteiger partial charge in [0.25, 0.3) is 0 Å². The second-order valence-electron chi connectivity index (χ2n) is 5.89. The van der Waals surface area contributed by atoms with Gasteiger partial charge in [-0.05, 0) is 47.5 Å². The van der Waals surface area contributed by atoms with Crippen molar-refractivity contribution in [3.8, 4) is 17.0 Å². The molecule has 4 heteroatoms. The van der Waals surface area contributed by atoms with Gasteiger partial charge in [0.2, 0.25) is 0 Å². The normalized spacial score (nSPS) is 11.1. The lowest BCUT2D eigenvalue weighted by molar-refractivity contribution is 0.0529. The van der Waals surface area contributed by atoms with Gasteiger partial charge in [0, 0.05) is 10.9 Å². The van der Waals surface area contributed by atoms with Crippen LogP contribution in [0.2, 0.25) is 0 Å². The van der Waals surface area contributed by atoms with Gasteiger partial charge in [-0.1, -0.05) is 36.4 Å². The van der Waals surface area contributed by atoms with Crippen LogP contribution in [-0.4, -0.2) is 22.7 Å². The molecule has 0 bridgehead atoms. The van der Waals surface area contributed by atoms with Crippen LogP contribution in [0.15, 0.2) is 60.7 Å². The predicted molar refractivity (Wildman–Crippen MR) is 98.9 cm³/mol. The highest BCUT2D eigenvalue weighted by Crippen LogP contribution is 2.34. The molecule has 124 valence electrons. The quantitative estimate of drug-likeness (QED) is 0.526. The fourth-order valence-corrected chi connectivity index (χ4v) is 3.16. The minimum Gasteiger partial charge on any atom is -0.508 e. The Hall–Kier alpha value is -3.27. The molecule has 0 saturated carbocycles. The van der Waals surface area contributed by atoms with Crippen molar-refractivity contribution in [3.05, 3.63) is 66.2 Å². The number of carbonyl (C=O) groups excluding carboxylic acids is 1. The zero-order chi connectivity index (χ0) is 17.4. The minimum atomic E-state index is -0.400. The minimum absolute atomic E-state index is 0.113. The fraction of sp³-hybridized carbons (Fsp3) is 0.0952. The van der Waals surface area contributed by atoms with E-state index in [0.717, 1.165) is 21.9 Å². The summed E-state index contributed by atoms with van der Waals surface area (Å²) in [6, 6.07) is 19.1. The first-order valence-corrected chi connectivity index (χ1v) is 8.18. The average Bonchev–Trinajstić information content (AvgIpc) is 3.00. The summed E-state index contributed by atoms with van der Waals surface area (Å²) >= 11 is 0. The maximum absolute atomic E-state index is 12.6. The van der Waals surface area contributed by atoms with E-state index in [4.69, 9.17) is 4.74 Å². The number of benzene rings is 3. The zero-order valence-electron chi connectivity index (χ0n) is 13.7. The third kappa shape index (κ3) is 2.62. The van der Waals surface area contributed by atoms with E-state index < -0.39 is 5.97 Å².